The lowest BCUT2D eigenvalue weighted by atomic mass is 10.0. The van der Waals surface area contributed by atoms with Crippen molar-refractivity contribution < 1.29 is 4.79 Å². The summed E-state index contributed by atoms with van der Waals surface area (Å²) in [6.45, 7) is 7.25. The Morgan fingerprint density at radius 3 is 2.74 bits per heavy atom. The third-order valence-electron chi connectivity index (χ3n) is 3.28. The molecule has 1 aromatic rings. The SMILES string of the molecule is CCc1nnc(C)cc1C(=O)NCC(CC)CCN. The number of hydrogen-bond acceptors (Lipinski definition) is 4. The Morgan fingerprint density at radius 1 is 1.42 bits per heavy atom. The maximum absolute atomic E-state index is 12.2. The average molecular weight is 264 g/mol. The fourth-order valence-corrected chi connectivity index (χ4v) is 1.99. The van der Waals surface area contributed by atoms with E-state index in [4.69, 9.17) is 5.73 Å². The van der Waals surface area contributed by atoms with Crippen LogP contribution in [0.15, 0.2) is 6.07 Å². The summed E-state index contributed by atoms with van der Waals surface area (Å²) in [5.74, 6) is 0.375. The van der Waals surface area contributed by atoms with E-state index in [-0.39, 0.29) is 5.91 Å². The number of carbonyl (C=O) groups excluding carboxylic acids is 1. The molecule has 0 spiro atoms. The lowest BCUT2D eigenvalue weighted by Crippen LogP contribution is -2.31. The number of aromatic nitrogens is 2. The van der Waals surface area contributed by atoms with Crippen molar-refractivity contribution in [3.63, 3.8) is 0 Å². The van der Waals surface area contributed by atoms with Gasteiger partial charge in [0, 0.05) is 6.54 Å². The molecule has 0 radical (unpaired) electrons. The molecule has 5 heteroatoms. The molecule has 1 atom stereocenters. The maximum atomic E-state index is 12.2. The van der Waals surface area contributed by atoms with E-state index < -0.39 is 0 Å². The molecule has 1 unspecified atom stereocenters. The highest BCUT2D eigenvalue weighted by molar-refractivity contribution is 5.95. The van der Waals surface area contributed by atoms with E-state index >= 15 is 0 Å². The van der Waals surface area contributed by atoms with E-state index in [0.717, 1.165) is 24.2 Å². The Labute approximate surface area is 115 Å². The van der Waals surface area contributed by atoms with Crippen molar-refractivity contribution in [2.75, 3.05) is 13.1 Å². The van der Waals surface area contributed by atoms with Gasteiger partial charge in [-0.15, -0.1) is 0 Å². The van der Waals surface area contributed by atoms with Gasteiger partial charge in [-0.2, -0.15) is 10.2 Å². The third kappa shape index (κ3) is 4.59. The molecule has 0 bridgehead atoms. The molecule has 0 aromatic carbocycles. The lowest BCUT2D eigenvalue weighted by Gasteiger charge is -2.15. The van der Waals surface area contributed by atoms with E-state index in [1.54, 1.807) is 6.07 Å². The van der Waals surface area contributed by atoms with E-state index in [1.807, 2.05) is 13.8 Å². The van der Waals surface area contributed by atoms with Crippen LogP contribution in [0.1, 0.15) is 48.4 Å². The van der Waals surface area contributed by atoms with Crippen LogP contribution in [-0.4, -0.2) is 29.2 Å². The van der Waals surface area contributed by atoms with Gasteiger partial charge in [0.15, 0.2) is 0 Å². The molecule has 0 saturated heterocycles. The normalized spacial score (nSPS) is 12.2. The topological polar surface area (TPSA) is 80.9 Å². The fraction of sp³-hybridized carbons (Fsp3) is 0.643. The second-order valence-electron chi connectivity index (χ2n) is 4.76. The van der Waals surface area contributed by atoms with Gasteiger partial charge >= 0.3 is 0 Å². The number of carbonyl (C=O) groups is 1. The van der Waals surface area contributed by atoms with Gasteiger partial charge < -0.3 is 11.1 Å². The third-order valence-corrected chi connectivity index (χ3v) is 3.28. The highest BCUT2D eigenvalue weighted by Gasteiger charge is 2.14. The summed E-state index contributed by atoms with van der Waals surface area (Å²) in [6.07, 6.45) is 2.66. The van der Waals surface area contributed by atoms with Crippen LogP contribution in [0, 0.1) is 12.8 Å². The lowest BCUT2D eigenvalue weighted by molar-refractivity contribution is 0.0944. The smallest absolute Gasteiger partial charge is 0.253 e. The molecular formula is C14H24N4O. The predicted octanol–water partition coefficient (Wildman–Crippen LogP) is 1.45. The zero-order valence-corrected chi connectivity index (χ0v) is 12.1. The van der Waals surface area contributed by atoms with Gasteiger partial charge in [0.25, 0.3) is 5.91 Å². The zero-order valence-electron chi connectivity index (χ0n) is 12.1. The van der Waals surface area contributed by atoms with Gasteiger partial charge in [0.1, 0.15) is 0 Å². The fourth-order valence-electron chi connectivity index (χ4n) is 1.99. The minimum atomic E-state index is -0.0645. The summed E-state index contributed by atoms with van der Waals surface area (Å²) in [6, 6.07) is 1.80. The van der Waals surface area contributed by atoms with Gasteiger partial charge in [-0.05, 0) is 38.3 Å². The molecule has 1 heterocycles. The Balaban J connectivity index is 2.69. The number of nitrogens with two attached hydrogens (primary N) is 1. The summed E-state index contributed by atoms with van der Waals surface area (Å²) >= 11 is 0. The van der Waals surface area contributed by atoms with Crippen LogP contribution in [0.25, 0.3) is 0 Å². The Morgan fingerprint density at radius 2 is 2.16 bits per heavy atom. The van der Waals surface area contributed by atoms with Gasteiger partial charge in [0.2, 0.25) is 0 Å². The van der Waals surface area contributed by atoms with Crippen LogP contribution < -0.4 is 11.1 Å². The number of hydrogen-bond donors (Lipinski definition) is 2. The Hall–Kier alpha value is -1.49. The summed E-state index contributed by atoms with van der Waals surface area (Å²) < 4.78 is 0. The molecule has 1 amide bonds. The molecule has 5 nitrogen and oxygen atoms in total. The van der Waals surface area contributed by atoms with Crippen LogP contribution in [0.2, 0.25) is 0 Å². The number of rotatable bonds is 7. The molecule has 0 fully saturated rings. The highest BCUT2D eigenvalue weighted by Crippen LogP contribution is 2.09. The Kier molecular flexibility index (Phi) is 6.42. The second-order valence-corrected chi connectivity index (χ2v) is 4.76. The summed E-state index contributed by atoms with van der Waals surface area (Å²) in [4.78, 5) is 12.2. The molecule has 19 heavy (non-hydrogen) atoms. The van der Waals surface area contributed by atoms with Gasteiger partial charge in [-0.25, -0.2) is 0 Å². The van der Waals surface area contributed by atoms with E-state index in [9.17, 15) is 4.79 Å². The van der Waals surface area contributed by atoms with E-state index in [1.165, 1.54) is 0 Å². The first-order valence-corrected chi connectivity index (χ1v) is 6.93. The molecule has 1 aromatic heterocycles. The van der Waals surface area contributed by atoms with Gasteiger partial charge in [-0.1, -0.05) is 20.3 Å². The minimum absolute atomic E-state index is 0.0645. The number of nitrogens with one attached hydrogen (secondary N) is 1. The predicted molar refractivity (Wildman–Crippen MR) is 75.9 cm³/mol. The first-order chi connectivity index (χ1) is 9.12. The number of amides is 1. The van der Waals surface area contributed by atoms with Crippen LogP contribution in [0.3, 0.4) is 0 Å². The standard InChI is InChI=1S/C14H24N4O/c1-4-11(6-7-15)9-16-14(19)12-8-10(3)17-18-13(12)5-2/h8,11H,4-7,9,15H2,1-3H3,(H,16,19). The highest BCUT2D eigenvalue weighted by atomic mass is 16.1. The van der Waals surface area contributed by atoms with Crippen molar-refractivity contribution in [2.24, 2.45) is 11.7 Å². The van der Waals surface area contributed by atoms with Crippen molar-refractivity contribution in [3.05, 3.63) is 23.0 Å². The molecule has 0 aliphatic heterocycles. The maximum Gasteiger partial charge on any atom is 0.253 e. The summed E-state index contributed by atoms with van der Waals surface area (Å²) in [7, 11) is 0. The van der Waals surface area contributed by atoms with Crippen molar-refractivity contribution >= 4 is 5.91 Å². The van der Waals surface area contributed by atoms with Crippen molar-refractivity contribution in [1.29, 1.82) is 0 Å². The van der Waals surface area contributed by atoms with Crippen LogP contribution in [0.4, 0.5) is 0 Å². The largest absolute Gasteiger partial charge is 0.352 e. The van der Waals surface area contributed by atoms with Gasteiger partial charge in [-0.3, -0.25) is 4.79 Å². The zero-order chi connectivity index (χ0) is 14.3. The Bertz CT molecular complexity index is 420. The molecule has 3 N–H and O–H groups in total. The van der Waals surface area contributed by atoms with E-state index in [2.05, 4.69) is 22.4 Å². The first kappa shape index (κ1) is 15.6. The number of aryl methyl sites for hydroxylation is 2. The second kappa shape index (κ2) is 7.84. The van der Waals surface area contributed by atoms with Crippen molar-refractivity contribution in [1.82, 2.24) is 15.5 Å². The first-order valence-electron chi connectivity index (χ1n) is 6.93. The molecule has 1 rings (SSSR count). The summed E-state index contributed by atoms with van der Waals surface area (Å²) in [5, 5.41) is 11.0. The van der Waals surface area contributed by atoms with Crippen LogP contribution >= 0.6 is 0 Å². The molecule has 0 aliphatic carbocycles. The van der Waals surface area contributed by atoms with Crippen molar-refractivity contribution in [3.8, 4) is 0 Å². The quantitative estimate of drug-likeness (QED) is 0.781. The monoisotopic (exact) mass is 264 g/mol. The molecule has 0 saturated carbocycles. The number of nitrogens with zero attached hydrogens (tertiary/aromatic N) is 2. The molecular weight excluding hydrogens is 240 g/mol. The van der Waals surface area contributed by atoms with E-state index in [0.29, 0.717) is 31.0 Å². The average Bonchev–Trinajstić information content (AvgIpc) is 2.43. The van der Waals surface area contributed by atoms with Crippen LogP contribution in [-0.2, 0) is 6.42 Å². The molecule has 106 valence electrons. The van der Waals surface area contributed by atoms with Crippen molar-refractivity contribution in [2.45, 2.75) is 40.0 Å². The van der Waals surface area contributed by atoms with Gasteiger partial charge in [0.05, 0.1) is 17.0 Å². The van der Waals surface area contributed by atoms with Crippen LogP contribution in [0.5, 0.6) is 0 Å². The minimum Gasteiger partial charge on any atom is -0.352 e. The summed E-state index contributed by atoms with van der Waals surface area (Å²) in [5.41, 5.74) is 7.70. The molecule has 0 aliphatic rings.